The molecule has 0 aliphatic rings. The first-order chi connectivity index (χ1) is 4.41. The van der Waals surface area contributed by atoms with Gasteiger partial charge in [0.15, 0.2) is 0 Å². The third-order valence-corrected chi connectivity index (χ3v) is 0.731. The van der Waals surface area contributed by atoms with Crippen molar-refractivity contribution in [3.63, 3.8) is 0 Å². The van der Waals surface area contributed by atoms with Crippen LogP contribution in [0.3, 0.4) is 0 Å². The van der Waals surface area contributed by atoms with Crippen molar-refractivity contribution in [3.05, 3.63) is 24.6 Å². The molecule has 0 unspecified atom stereocenters. The van der Waals surface area contributed by atoms with E-state index in [1.165, 1.54) is 0 Å². The Labute approximate surface area is 54.9 Å². The predicted molar refractivity (Wildman–Crippen MR) is 37.7 cm³/mol. The van der Waals surface area contributed by atoms with Crippen LogP contribution < -0.4 is 11.1 Å². The van der Waals surface area contributed by atoms with Crippen molar-refractivity contribution in [3.8, 4) is 0 Å². The molecule has 0 amide bonds. The zero-order valence-electron chi connectivity index (χ0n) is 5.25. The van der Waals surface area contributed by atoms with Gasteiger partial charge in [0.05, 0.1) is 12.9 Å². The molecule has 0 saturated carbocycles. The number of hydrogen-bond donors (Lipinski definition) is 3. The molecule has 3 heteroatoms. The second kappa shape index (κ2) is 7.04. The first-order valence-corrected chi connectivity index (χ1v) is 2.79. The Morgan fingerprint density at radius 1 is 1.44 bits per heavy atom. The molecule has 0 bridgehead atoms. The number of rotatable bonds is 4. The van der Waals surface area contributed by atoms with Gasteiger partial charge in [-0.25, -0.2) is 0 Å². The van der Waals surface area contributed by atoms with Gasteiger partial charge in [0.25, 0.3) is 0 Å². The summed E-state index contributed by atoms with van der Waals surface area (Å²) in [6.07, 6.45) is 6.99. The van der Waals surface area contributed by atoms with Gasteiger partial charge in [0.2, 0.25) is 0 Å². The van der Waals surface area contributed by atoms with Gasteiger partial charge in [-0.1, -0.05) is 6.08 Å². The summed E-state index contributed by atoms with van der Waals surface area (Å²) < 4.78 is 0. The third-order valence-electron chi connectivity index (χ3n) is 0.731. The van der Waals surface area contributed by atoms with Gasteiger partial charge >= 0.3 is 0 Å². The first-order valence-electron chi connectivity index (χ1n) is 2.79. The van der Waals surface area contributed by atoms with E-state index < -0.39 is 0 Å². The van der Waals surface area contributed by atoms with Gasteiger partial charge in [-0.3, -0.25) is 0 Å². The van der Waals surface area contributed by atoms with E-state index in [1.54, 1.807) is 12.3 Å². The van der Waals surface area contributed by atoms with E-state index in [2.05, 4.69) is 5.32 Å². The van der Waals surface area contributed by atoms with Crippen LogP contribution in [0.25, 0.3) is 0 Å². The highest BCUT2D eigenvalue weighted by molar-refractivity contribution is 4.87. The maximum absolute atomic E-state index is 8.16. The van der Waals surface area contributed by atoms with Gasteiger partial charge in [0.1, 0.15) is 0 Å². The van der Waals surface area contributed by atoms with Crippen molar-refractivity contribution in [2.75, 3.05) is 6.67 Å². The molecule has 0 fully saturated rings. The highest BCUT2D eigenvalue weighted by Crippen LogP contribution is 1.80. The molecule has 0 spiro atoms. The molecule has 0 aliphatic heterocycles. The molecule has 3 nitrogen and oxygen atoms in total. The SMILES string of the molecule is NCNC=CCC=CO. The average Bonchev–Trinajstić information content (AvgIpc) is 1.89. The summed E-state index contributed by atoms with van der Waals surface area (Å²) in [4.78, 5) is 0. The Morgan fingerprint density at radius 2 is 2.22 bits per heavy atom. The zero-order chi connectivity index (χ0) is 6.95. The fraction of sp³-hybridized carbons (Fsp3) is 0.333. The summed E-state index contributed by atoms with van der Waals surface area (Å²) in [7, 11) is 0. The maximum Gasteiger partial charge on any atom is 0.0754 e. The van der Waals surface area contributed by atoms with E-state index in [4.69, 9.17) is 10.8 Å². The lowest BCUT2D eigenvalue weighted by atomic mass is 10.4. The summed E-state index contributed by atoms with van der Waals surface area (Å²) in [5.41, 5.74) is 5.11. The lowest BCUT2D eigenvalue weighted by Crippen LogP contribution is -2.15. The van der Waals surface area contributed by atoms with E-state index in [9.17, 15) is 0 Å². The number of allylic oxidation sites excluding steroid dienone is 2. The van der Waals surface area contributed by atoms with E-state index >= 15 is 0 Å². The molecule has 9 heavy (non-hydrogen) atoms. The van der Waals surface area contributed by atoms with Gasteiger partial charge in [-0.2, -0.15) is 0 Å². The van der Waals surface area contributed by atoms with Crippen molar-refractivity contribution < 1.29 is 5.11 Å². The molecular formula is C6H12N2O. The van der Waals surface area contributed by atoms with Gasteiger partial charge in [-0.15, -0.1) is 0 Å². The van der Waals surface area contributed by atoms with E-state index in [0.717, 1.165) is 12.7 Å². The second-order valence-corrected chi connectivity index (χ2v) is 1.43. The van der Waals surface area contributed by atoms with Crippen molar-refractivity contribution in [1.82, 2.24) is 5.32 Å². The third kappa shape index (κ3) is 7.04. The maximum atomic E-state index is 8.16. The van der Waals surface area contributed by atoms with Crippen LogP contribution in [0.1, 0.15) is 6.42 Å². The van der Waals surface area contributed by atoms with Crippen LogP contribution >= 0.6 is 0 Å². The molecule has 0 saturated heterocycles. The van der Waals surface area contributed by atoms with Crippen LogP contribution in [-0.4, -0.2) is 11.8 Å². The van der Waals surface area contributed by atoms with Gasteiger partial charge < -0.3 is 16.2 Å². The summed E-state index contributed by atoms with van der Waals surface area (Å²) in [5, 5.41) is 11.0. The van der Waals surface area contributed by atoms with E-state index in [-0.39, 0.29) is 0 Å². The largest absolute Gasteiger partial charge is 0.516 e. The number of aliphatic hydroxyl groups excluding tert-OH is 1. The Balaban J connectivity index is 3.04. The molecule has 0 rings (SSSR count). The Hall–Kier alpha value is -0.960. The van der Waals surface area contributed by atoms with Gasteiger partial charge in [-0.05, 0) is 18.7 Å². The van der Waals surface area contributed by atoms with Crippen molar-refractivity contribution in [2.24, 2.45) is 5.73 Å². The van der Waals surface area contributed by atoms with Crippen LogP contribution in [0.15, 0.2) is 24.6 Å². The highest BCUT2D eigenvalue weighted by atomic mass is 16.2. The van der Waals surface area contributed by atoms with E-state index in [1.807, 2.05) is 6.08 Å². The minimum absolute atomic E-state index is 0.444. The Bertz CT molecular complexity index is 99.2. The van der Waals surface area contributed by atoms with Crippen LogP contribution in [0.4, 0.5) is 0 Å². The molecule has 0 atom stereocenters. The first kappa shape index (κ1) is 8.04. The minimum atomic E-state index is 0.444. The van der Waals surface area contributed by atoms with Crippen LogP contribution in [-0.2, 0) is 0 Å². The summed E-state index contributed by atoms with van der Waals surface area (Å²) in [6, 6.07) is 0. The van der Waals surface area contributed by atoms with E-state index in [0.29, 0.717) is 6.67 Å². The molecule has 0 heterocycles. The van der Waals surface area contributed by atoms with Crippen LogP contribution in [0, 0.1) is 0 Å². The predicted octanol–water partition coefficient (Wildman–Crippen LogP) is 0.468. The average molecular weight is 128 g/mol. The molecule has 0 aromatic carbocycles. The standard InChI is InChI=1S/C6H12N2O/c7-6-8-4-2-1-3-5-9/h2-5,8-9H,1,6-7H2. The summed E-state index contributed by atoms with van der Waals surface area (Å²) in [5.74, 6) is 0. The topological polar surface area (TPSA) is 58.3 Å². The van der Waals surface area contributed by atoms with Crippen LogP contribution in [0.5, 0.6) is 0 Å². The monoisotopic (exact) mass is 128 g/mol. The lowest BCUT2D eigenvalue weighted by molar-refractivity contribution is 0.471. The molecule has 4 N–H and O–H groups in total. The minimum Gasteiger partial charge on any atom is -0.516 e. The number of nitrogens with one attached hydrogen (secondary N) is 1. The van der Waals surface area contributed by atoms with Crippen molar-refractivity contribution in [2.45, 2.75) is 6.42 Å². The lowest BCUT2D eigenvalue weighted by Gasteiger charge is -1.88. The molecular weight excluding hydrogens is 116 g/mol. The van der Waals surface area contributed by atoms with Crippen LogP contribution in [0.2, 0.25) is 0 Å². The zero-order valence-corrected chi connectivity index (χ0v) is 5.25. The fourth-order valence-electron chi connectivity index (χ4n) is 0.359. The fourth-order valence-corrected chi connectivity index (χ4v) is 0.359. The second-order valence-electron chi connectivity index (χ2n) is 1.43. The number of nitrogens with two attached hydrogens (primary N) is 1. The highest BCUT2D eigenvalue weighted by Gasteiger charge is 1.68. The Kier molecular flexibility index (Phi) is 6.29. The number of aliphatic hydroxyl groups is 1. The molecule has 0 aromatic heterocycles. The molecule has 0 aliphatic carbocycles. The number of hydrogen-bond acceptors (Lipinski definition) is 3. The summed E-state index contributed by atoms with van der Waals surface area (Å²) in [6.45, 7) is 0.444. The molecule has 52 valence electrons. The smallest absolute Gasteiger partial charge is 0.0754 e. The normalized spacial score (nSPS) is 11.2. The van der Waals surface area contributed by atoms with Crippen molar-refractivity contribution >= 4 is 0 Å². The quantitative estimate of drug-likeness (QED) is 0.381. The Morgan fingerprint density at radius 3 is 2.78 bits per heavy atom. The molecule has 0 aromatic rings. The molecule has 0 radical (unpaired) electrons. The van der Waals surface area contributed by atoms with Gasteiger partial charge in [0, 0.05) is 0 Å². The summed E-state index contributed by atoms with van der Waals surface area (Å²) >= 11 is 0. The van der Waals surface area contributed by atoms with Crippen molar-refractivity contribution in [1.29, 1.82) is 0 Å².